The summed E-state index contributed by atoms with van der Waals surface area (Å²) in [5, 5.41) is 3.96. The normalized spacial score (nSPS) is 18.8. The number of fused-ring (bicyclic) bond motifs is 1. The Kier molecular flexibility index (Phi) is 6.84. The lowest BCUT2D eigenvalue weighted by molar-refractivity contribution is 0.0925. The number of nitrogens with two attached hydrogens (primary N) is 1. The Bertz CT molecular complexity index is 1060. The van der Waals surface area contributed by atoms with Gasteiger partial charge in [0.15, 0.2) is 0 Å². The standard InChI is InChI=1S/C25H32ClN5O/c1-18(2)14-25(17-30-12-10-21(27)15-30,19-6-8-20(26)9-7-19)16-29-24(32)22-4-3-5-23-28-11-13-31(22)23/h3-9,11,13,18,21H,10,12,14-17,27H2,1-2H3,(H,29,32). The van der Waals surface area contributed by atoms with Gasteiger partial charge in [0, 0.05) is 48.5 Å². The van der Waals surface area contributed by atoms with Crippen molar-refractivity contribution in [1.29, 1.82) is 0 Å². The van der Waals surface area contributed by atoms with Gasteiger partial charge in [-0.25, -0.2) is 4.98 Å². The molecule has 7 heteroatoms. The van der Waals surface area contributed by atoms with E-state index in [1.807, 2.05) is 40.9 Å². The molecule has 3 heterocycles. The first-order valence-corrected chi connectivity index (χ1v) is 11.7. The maximum absolute atomic E-state index is 13.2. The number of rotatable bonds is 8. The predicted molar refractivity (Wildman–Crippen MR) is 129 cm³/mol. The molecule has 170 valence electrons. The highest BCUT2D eigenvalue weighted by Gasteiger charge is 2.37. The van der Waals surface area contributed by atoms with Crippen molar-refractivity contribution in [3.8, 4) is 0 Å². The van der Waals surface area contributed by atoms with E-state index in [-0.39, 0.29) is 17.4 Å². The molecule has 2 unspecified atom stereocenters. The molecule has 2 atom stereocenters. The van der Waals surface area contributed by atoms with Crippen molar-refractivity contribution in [1.82, 2.24) is 19.6 Å². The molecule has 4 rings (SSSR count). The van der Waals surface area contributed by atoms with Crippen molar-refractivity contribution in [2.75, 3.05) is 26.2 Å². The molecule has 0 radical (unpaired) electrons. The molecular weight excluding hydrogens is 422 g/mol. The third kappa shape index (κ3) is 4.98. The fourth-order valence-electron chi connectivity index (χ4n) is 5.00. The molecule has 0 bridgehead atoms. The number of benzene rings is 1. The molecule has 3 N–H and O–H groups in total. The van der Waals surface area contributed by atoms with Crippen molar-refractivity contribution in [3.05, 3.63) is 71.1 Å². The first-order valence-electron chi connectivity index (χ1n) is 11.3. The zero-order valence-corrected chi connectivity index (χ0v) is 19.6. The number of amides is 1. The van der Waals surface area contributed by atoms with Crippen molar-refractivity contribution >= 4 is 23.2 Å². The third-order valence-corrected chi connectivity index (χ3v) is 6.59. The largest absolute Gasteiger partial charge is 0.350 e. The van der Waals surface area contributed by atoms with Crippen LogP contribution in [0.2, 0.25) is 5.02 Å². The van der Waals surface area contributed by atoms with E-state index in [0.717, 1.165) is 38.1 Å². The monoisotopic (exact) mass is 453 g/mol. The van der Waals surface area contributed by atoms with Gasteiger partial charge in [0.25, 0.3) is 5.91 Å². The summed E-state index contributed by atoms with van der Waals surface area (Å²) in [6, 6.07) is 13.9. The van der Waals surface area contributed by atoms with Gasteiger partial charge >= 0.3 is 0 Å². The molecule has 32 heavy (non-hydrogen) atoms. The lowest BCUT2D eigenvalue weighted by Crippen LogP contribution is -2.49. The topological polar surface area (TPSA) is 75.7 Å². The van der Waals surface area contributed by atoms with Crippen LogP contribution in [-0.2, 0) is 5.41 Å². The zero-order valence-electron chi connectivity index (χ0n) is 18.8. The number of nitrogens with zero attached hydrogens (tertiary/aromatic N) is 3. The van der Waals surface area contributed by atoms with Crippen molar-refractivity contribution in [3.63, 3.8) is 0 Å². The molecule has 3 aromatic rings. The van der Waals surface area contributed by atoms with Crippen LogP contribution in [0.4, 0.5) is 0 Å². The molecule has 1 aliphatic rings. The SMILES string of the molecule is CC(C)CC(CNC(=O)c1cccc2nccn12)(CN1CCC(N)C1)c1ccc(Cl)cc1. The highest BCUT2D eigenvalue weighted by atomic mass is 35.5. The summed E-state index contributed by atoms with van der Waals surface area (Å²) in [5.74, 6) is 0.352. The van der Waals surface area contributed by atoms with Crippen LogP contribution < -0.4 is 11.1 Å². The van der Waals surface area contributed by atoms with Crippen molar-refractivity contribution in [2.45, 2.75) is 38.1 Å². The summed E-state index contributed by atoms with van der Waals surface area (Å²) in [6.07, 6.45) is 5.47. The van der Waals surface area contributed by atoms with Gasteiger partial charge < -0.3 is 16.0 Å². The minimum atomic E-state index is -0.249. The average molecular weight is 454 g/mol. The quantitative estimate of drug-likeness (QED) is 0.544. The van der Waals surface area contributed by atoms with Crippen LogP contribution in [-0.4, -0.2) is 52.4 Å². The Morgan fingerprint density at radius 2 is 2.06 bits per heavy atom. The second kappa shape index (κ2) is 9.61. The Hall–Kier alpha value is -2.41. The summed E-state index contributed by atoms with van der Waals surface area (Å²) in [4.78, 5) is 20.0. The first kappa shape index (κ1) is 22.8. The van der Waals surface area contributed by atoms with E-state index in [1.54, 1.807) is 6.20 Å². The van der Waals surface area contributed by atoms with Crippen LogP contribution in [0.25, 0.3) is 5.65 Å². The maximum atomic E-state index is 13.2. The highest BCUT2D eigenvalue weighted by molar-refractivity contribution is 6.30. The number of carbonyl (C=O) groups excluding carboxylic acids is 1. The third-order valence-electron chi connectivity index (χ3n) is 6.34. The van der Waals surface area contributed by atoms with Gasteiger partial charge in [-0.15, -0.1) is 0 Å². The summed E-state index contributed by atoms with van der Waals surface area (Å²) in [7, 11) is 0. The second-order valence-electron chi connectivity index (χ2n) is 9.42. The molecule has 1 aromatic carbocycles. The fourth-order valence-corrected chi connectivity index (χ4v) is 5.12. The van der Waals surface area contributed by atoms with E-state index < -0.39 is 0 Å². The number of pyridine rings is 1. The minimum Gasteiger partial charge on any atom is -0.350 e. The lowest BCUT2D eigenvalue weighted by atomic mass is 9.73. The molecule has 1 saturated heterocycles. The van der Waals surface area contributed by atoms with Gasteiger partial charge in [-0.2, -0.15) is 0 Å². The lowest BCUT2D eigenvalue weighted by Gasteiger charge is -2.39. The van der Waals surface area contributed by atoms with Crippen LogP contribution in [0.3, 0.4) is 0 Å². The molecule has 0 spiro atoms. The van der Waals surface area contributed by atoms with Crippen LogP contribution in [0.1, 0.15) is 42.7 Å². The number of carbonyl (C=O) groups is 1. The number of hydrogen-bond acceptors (Lipinski definition) is 4. The van der Waals surface area contributed by atoms with Crippen LogP contribution in [0.5, 0.6) is 0 Å². The molecule has 1 amide bonds. The van der Waals surface area contributed by atoms with Gasteiger partial charge in [-0.3, -0.25) is 9.20 Å². The number of hydrogen-bond donors (Lipinski definition) is 2. The molecular formula is C25H32ClN5O. The second-order valence-corrected chi connectivity index (χ2v) is 9.85. The molecule has 6 nitrogen and oxygen atoms in total. The van der Waals surface area contributed by atoms with Crippen LogP contribution in [0.15, 0.2) is 54.9 Å². The molecule has 0 saturated carbocycles. The predicted octanol–water partition coefficient (Wildman–Crippen LogP) is 3.73. The zero-order chi connectivity index (χ0) is 22.7. The van der Waals surface area contributed by atoms with Crippen molar-refractivity contribution in [2.24, 2.45) is 11.7 Å². The Labute approximate surface area is 194 Å². The van der Waals surface area contributed by atoms with E-state index in [0.29, 0.717) is 23.2 Å². The Balaban J connectivity index is 1.64. The Morgan fingerprint density at radius 1 is 1.28 bits per heavy atom. The number of aromatic nitrogens is 2. The van der Waals surface area contributed by atoms with Gasteiger partial charge in [0.2, 0.25) is 0 Å². The van der Waals surface area contributed by atoms with Gasteiger partial charge in [-0.05, 0) is 55.1 Å². The molecule has 2 aromatic heterocycles. The van der Waals surface area contributed by atoms with E-state index in [4.69, 9.17) is 17.3 Å². The first-order chi connectivity index (χ1) is 15.4. The van der Waals surface area contributed by atoms with Crippen LogP contribution in [0, 0.1) is 5.92 Å². The van der Waals surface area contributed by atoms with E-state index >= 15 is 0 Å². The van der Waals surface area contributed by atoms with Gasteiger partial charge in [-0.1, -0.05) is 43.6 Å². The van der Waals surface area contributed by atoms with E-state index in [1.165, 1.54) is 5.56 Å². The number of likely N-dealkylation sites (tertiary alicyclic amines) is 1. The number of nitrogens with one attached hydrogen (secondary N) is 1. The summed E-state index contributed by atoms with van der Waals surface area (Å²) < 4.78 is 1.82. The fraction of sp³-hybridized carbons (Fsp3) is 0.440. The van der Waals surface area contributed by atoms with E-state index in [2.05, 4.69) is 41.2 Å². The van der Waals surface area contributed by atoms with Crippen LogP contribution >= 0.6 is 11.6 Å². The molecule has 1 aliphatic heterocycles. The summed E-state index contributed by atoms with van der Waals surface area (Å²) >= 11 is 6.20. The Morgan fingerprint density at radius 3 is 2.75 bits per heavy atom. The highest BCUT2D eigenvalue weighted by Crippen LogP contribution is 2.34. The van der Waals surface area contributed by atoms with E-state index in [9.17, 15) is 4.79 Å². The summed E-state index contributed by atoms with van der Waals surface area (Å²) in [6.45, 7) is 7.70. The van der Waals surface area contributed by atoms with Gasteiger partial charge in [0.05, 0.1) is 0 Å². The maximum Gasteiger partial charge on any atom is 0.268 e. The average Bonchev–Trinajstić information content (AvgIpc) is 3.40. The smallest absolute Gasteiger partial charge is 0.268 e. The number of imidazole rings is 1. The molecule has 1 fully saturated rings. The van der Waals surface area contributed by atoms with Crippen molar-refractivity contribution < 1.29 is 4.79 Å². The van der Waals surface area contributed by atoms with Gasteiger partial charge in [0.1, 0.15) is 11.3 Å². The minimum absolute atomic E-state index is 0.103. The number of halogens is 1. The molecule has 0 aliphatic carbocycles. The summed E-state index contributed by atoms with van der Waals surface area (Å²) in [5.41, 5.74) is 8.49.